The number of piperidine rings is 1. The second-order valence-electron chi connectivity index (χ2n) is 6.06. The van der Waals surface area contributed by atoms with Crippen molar-refractivity contribution in [1.82, 2.24) is 15.3 Å². The Morgan fingerprint density at radius 2 is 2.08 bits per heavy atom. The van der Waals surface area contributed by atoms with Crippen LogP contribution in [-0.2, 0) is 0 Å². The monoisotopic (exact) mass is 325 g/mol. The van der Waals surface area contributed by atoms with Gasteiger partial charge in [0.1, 0.15) is 12.1 Å². The molecule has 6 nitrogen and oxygen atoms in total. The Kier molecular flexibility index (Phi) is 5.25. The van der Waals surface area contributed by atoms with Crippen molar-refractivity contribution in [2.24, 2.45) is 0 Å². The van der Waals surface area contributed by atoms with Crippen LogP contribution in [0.3, 0.4) is 0 Å². The lowest BCUT2D eigenvalue weighted by Gasteiger charge is -2.36. The number of benzene rings is 1. The lowest BCUT2D eigenvalue weighted by atomic mass is 10.0. The standard InChI is InChI=1S/C18H23N5O/c1-14-11-17(21-13-20-14)23-10-6-5-9-16(23)12-19-18(24)22-15-7-3-2-4-8-15/h2-4,7-8,11,13,16H,5-6,9-10,12H2,1H3,(H2,19,22,24)/t16-/m1/s1. The van der Waals surface area contributed by atoms with Crippen LogP contribution in [0.15, 0.2) is 42.7 Å². The predicted molar refractivity (Wildman–Crippen MR) is 95.2 cm³/mol. The topological polar surface area (TPSA) is 70.2 Å². The SMILES string of the molecule is Cc1cc(N2CCCC[C@@H]2CNC(=O)Nc2ccccc2)ncn1. The van der Waals surface area contributed by atoms with Crippen LogP contribution < -0.4 is 15.5 Å². The number of aromatic nitrogens is 2. The summed E-state index contributed by atoms with van der Waals surface area (Å²) in [6.45, 7) is 3.53. The molecule has 6 heteroatoms. The molecule has 2 heterocycles. The lowest BCUT2D eigenvalue weighted by molar-refractivity contribution is 0.250. The number of carbonyl (C=O) groups excluding carboxylic acids is 1. The Balaban J connectivity index is 1.59. The molecule has 2 aromatic rings. The zero-order chi connectivity index (χ0) is 16.8. The van der Waals surface area contributed by atoms with Gasteiger partial charge in [0, 0.05) is 36.6 Å². The average molecular weight is 325 g/mol. The van der Waals surface area contributed by atoms with Crippen LogP contribution in [0.25, 0.3) is 0 Å². The molecule has 1 saturated heterocycles. The molecule has 1 fully saturated rings. The van der Waals surface area contributed by atoms with Gasteiger partial charge >= 0.3 is 6.03 Å². The minimum Gasteiger partial charge on any atom is -0.352 e. The quantitative estimate of drug-likeness (QED) is 0.907. The number of anilines is 2. The first-order valence-corrected chi connectivity index (χ1v) is 8.37. The molecular weight excluding hydrogens is 302 g/mol. The summed E-state index contributed by atoms with van der Waals surface area (Å²) in [5, 5.41) is 5.83. The molecule has 1 aromatic heterocycles. The molecule has 126 valence electrons. The van der Waals surface area contributed by atoms with Crippen LogP contribution in [0.4, 0.5) is 16.3 Å². The molecule has 0 aliphatic carbocycles. The molecule has 24 heavy (non-hydrogen) atoms. The summed E-state index contributed by atoms with van der Waals surface area (Å²) < 4.78 is 0. The van der Waals surface area contributed by atoms with E-state index in [0.29, 0.717) is 6.54 Å². The van der Waals surface area contributed by atoms with E-state index in [2.05, 4.69) is 25.5 Å². The number of nitrogens with one attached hydrogen (secondary N) is 2. The summed E-state index contributed by atoms with van der Waals surface area (Å²) in [5.74, 6) is 0.942. The van der Waals surface area contributed by atoms with E-state index in [9.17, 15) is 4.79 Å². The average Bonchev–Trinajstić information content (AvgIpc) is 2.61. The zero-order valence-electron chi connectivity index (χ0n) is 13.9. The summed E-state index contributed by atoms with van der Waals surface area (Å²) in [4.78, 5) is 22.9. The van der Waals surface area contributed by atoms with E-state index in [1.54, 1.807) is 6.33 Å². The van der Waals surface area contributed by atoms with Gasteiger partial charge in [0.15, 0.2) is 0 Å². The Morgan fingerprint density at radius 3 is 2.88 bits per heavy atom. The fourth-order valence-electron chi connectivity index (χ4n) is 3.02. The number of amides is 2. The smallest absolute Gasteiger partial charge is 0.319 e. The van der Waals surface area contributed by atoms with Crippen molar-refractivity contribution in [3.63, 3.8) is 0 Å². The van der Waals surface area contributed by atoms with Crippen LogP contribution in [0.5, 0.6) is 0 Å². The molecule has 1 aromatic carbocycles. The highest BCUT2D eigenvalue weighted by molar-refractivity contribution is 5.89. The maximum atomic E-state index is 12.1. The molecule has 1 aliphatic rings. The van der Waals surface area contributed by atoms with Gasteiger partial charge in [-0.15, -0.1) is 0 Å². The molecule has 2 amide bonds. The van der Waals surface area contributed by atoms with Crippen LogP contribution in [0, 0.1) is 6.92 Å². The van der Waals surface area contributed by atoms with Gasteiger partial charge in [0.05, 0.1) is 0 Å². The number of urea groups is 1. The molecule has 0 spiro atoms. The molecule has 0 saturated carbocycles. The number of rotatable bonds is 4. The van der Waals surface area contributed by atoms with Crippen LogP contribution in [-0.4, -0.2) is 35.1 Å². The van der Waals surface area contributed by atoms with Gasteiger partial charge in [0.25, 0.3) is 0 Å². The van der Waals surface area contributed by atoms with Crippen molar-refractivity contribution in [1.29, 1.82) is 0 Å². The Labute approximate surface area is 142 Å². The summed E-state index contributed by atoms with van der Waals surface area (Å²) in [7, 11) is 0. The number of nitrogens with zero attached hydrogens (tertiary/aromatic N) is 3. The predicted octanol–water partition coefficient (Wildman–Crippen LogP) is 2.97. The fourth-order valence-corrected chi connectivity index (χ4v) is 3.02. The third kappa shape index (κ3) is 4.22. The molecule has 0 unspecified atom stereocenters. The normalized spacial score (nSPS) is 17.4. The van der Waals surface area contributed by atoms with Crippen LogP contribution in [0.2, 0.25) is 0 Å². The second-order valence-corrected chi connectivity index (χ2v) is 6.06. The molecule has 1 aliphatic heterocycles. The van der Waals surface area contributed by atoms with E-state index in [1.165, 1.54) is 6.42 Å². The highest BCUT2D eigenvalue weighted by atomic mass is 16.2. The van der Waals surface area contributed by atoms with E-state index >= 15 is 0 Å². The number of aryl methyl sites for hydroxylation is 1. The van der Waals surface area contributed by atoms with E-state index in [0.717, 1.165) is 36.6 Å². The highest BCUT2D eigenvalue weighted by Crippen LogP contribution is 2.22. The third-order valence-corrected chi connectivity index (χ3v) is 4.24. The van der Waals surface area contributed by atoms with E-state index in [-0.39, 0.29) is 12.1 Å². The fraction of sp³-hybridized carbons (Fsp3) is 0.389. The van der Waals surface area contributed by atoms with Gasteiger partial charge in [-0.2, -0.15) is 0 Å². The van der Waals surface area contributed by atoms with Crippen molar-refractivity contribution in [2.75, 3.05) is 23.3 Å². The van der Waals surface area contributed by atoms with Gasteiger partial charge in [-0.25, -0.2) is 14.8 Å². The van der Waals surface area contributed by atoms with Crippen molar-refractivity contribution < 1.29 is 4.79 Å². The van der Waals surface area contributed by atoms with Gasteiger partial charge in [-0.05, 0) is 38.3 Å². The number of hydrogen-bond donors (Lipinski definition) is 2. The van der Waals surface area contributed by atoms with Crippen molar-refractivity contribution in [3.8, 4) is 0 Å². The maximum absolute atomic E-state index is 12.1. The Bertz CT molecular complexity index is 676. The van der Waals surface area contributed by atoms with Crippen LogP contribution in [0.1, 0.15) is 25.0 Å². The molecule has 0 bridgehead atoms. The number of hydrogen-bond acceptors (Lipinski definition) is 4. The molecule has 3 rings (SSSR count). The maximum Gasteiger partial charge on any atom is 0.319 e. The zero-order valence-corrected chi connectivity index (χ0v) is 13.9. The number of para-hydroxylation sites is 1. The Morgan fingerprint density at radius 1 is 1.25 bits per heavy atom. The van der Waals surface area contributed by atoms with E-state index in [1.807, 2.05) is 43.3 Å². The van der Waals surface area contributed by atoms with Crippen molar-refractivity contribution in [2.45, 2.75) is 32.2 Å². The largest absolute Gasteiger partial charge is 0.352 e. The van der Waals surface area contributed by atoms with Gasteiger partial charge in [-0.3, -0.25) is 0 Å². The van der Waals surface area contributed by atoms with Crippen molar-refractivity contribution >= 4 is 17.5 Å². The minimum absolute atomic E-state index is 0.175. The second kappa shape index (κ2) is 7.77. The van der Waals surface area contributed by atoms with Crippen molar-refractivity contribution in [3.05, 3.63) is 48.4 Å². The Hall–Kier alpha value is -2.63. The highest BCUT2D eigenvalue weighted by Gasteiger charge is 2.24. The molecule has 2 N–H and O–H groups in total. The molecule has 1 atom stereocenters. The summed E-state index contributed by atoms with van der Waals surface area (Å²) in [6.07, 6.45) is 4.98. The van der Waals surface area contributed by atoms with Gasteiger partial charge in [0.2, 0.25) is 0 Å². The summed E-state index contributed by atoms with van der Waals surface area (Å²) in [5.41, 5.74) is 1.75. The first kappa shape index (κ1) is 16.2. The van der Waals surface area contributed by atoms with Crippen LogP contribution >= 0.6 is 0 Å². The minimum atomic E-state index is -0.175. The summed E-state index contributed by atoms with van der Waals surface area (Å²) in [6, 6.07) is 11.5. The third-order valence-electron chi connectivity index (χ3n) is 4.24. The molecular formula is C18H23N5O. The van der Waals surface area contributed by atoms with E-state index in [4.69, 9.17) is 0 Å². The lowest BCUT2D eigenvalue weighted by Crippen LogP contribution is -2.48. The van der Waals surface area contributed by atoms with Gasteiger partial charge in [-0.1, -0.05) is 18.2 Å². The molecule has 0 radical (unpaired) electrons. The number of carbonyl (C=O) groups is 1. The summed E-state index contributed by atoms with van der Waals surface area (Å²) >= 11 is 0. The first-order valence-electron chi connectivity index (χ1n) is 8.37. The van der Waals surface area contributed by atoms with Gasteiger partial charge < -0.3 is 15.5 Å². The first-order chi connectivity index (χ1) is 11.7. The van der Waals surface area contributed by atoms with E-state index < -0.39 is 0 Å².